The first-order valence-corrected chi connectivity index (χ1v) is 13.0. The summed E-state index contributed by atoms with van der Waals surface area (Å²) in [5.41, 5.74) is 1.06. The van der Waals surface area contributed by atoms with Gasteiger partial charge in [-0.3, -0.25) is 0 Å². The van der Waals surface area contributed by atoms with E-state index in [4.69, 9.17) is 4.43 Å². The van der Waals surface area contributed by atoms with Crippen LogP contribution in [0.15, 0.2) is 41.2 Å². The zero-order chi connectivity index (χ0) is 14.5. The maximum Gasteiger partial charge on any atom is 0.210 e. The van der Waals surface area contributed by atoms with Crippen molar-refractivity contribution in [1.82, 2.24) is 0 Å². The van der Waals surface area contributed by atoms with E-state index in [1.807, 2.05) is 37.4 Å². The van der Waals surface area contributed by atoms with Crippen LogP contribution in [-0.4, -0.2) is 23.5 Å². The normalized spacial score (nSPS) is 12.8. The molecule has 1 aromatic carbocycles. The molecule has 0 radical (unpaired) electrons. The van der Waals surface area contributed by atoms with Gasteiger partial charge < -0.3 is 4.43 Å². The third kappa shape index (κ3) is 4.83. The van der Waals surface area contributed by atoms with Crippen molar-refractivity contribution in [2.75, 3.05) is 7.11 Å². The molecule has 0 atom stereocenters. The second kappa shape index (κ2) is 6.38. The molecule has 0 bridgehead atoms. The fourth-order valence-corrected chi connectivity index (χ4v) is 10.8. The van der Waals surface area contributed by atoms with Crippen LogP contribution in [0.2, 0.25) is 32.7 Å². The third-order valence-electron chi connectivity index (χ3n) is 3.17. The van der Waals surface area contributed by atoms with Crippen LogP contribution in [-0.2, 0) is 4.43 Å². The lowest BCUT2D eigenvalue weighted by Gasteiger charge is -2.31. The number of hydrogen-bond donors (Lipinski definition) is 0. The molecular formula is C16H24OSi2. The maximum absolute atomic E-state index is 5.77. The van der Waals surface area contributed by atoms with Crippen molar-refractivity contribution in [2.45, 2.75) is 32.7 Å². The molecule has 1 nitrogen and oxygen atoms in total. The van der Waals surface area contributed by atoms with Gasteiger partial charge in [-0.25, -0.2) is 0 Å². The van der Waals surface area contributed by atoms with Gasteiger partial charge in [0.2, 0.25) is 8.32 Å². The minimum atomic E-state index is -1.76. The molecule has 102 valence electrons. The van der Waals surface area contributed by atoms with Gasteiger partial charge in [-0.2, -0.15) is 0 Å². The minimum absolute atomic E-state index is 1.06. The molecule has 0 amide bonds. The molecule has 0 spiro atoms. The molecular weight excluding hydrogens is 264 g/mol. The standard InChI is InChI=1S/C16H24OSi2/c1-17-19(5,6)16(18(2,3)4)14-10-13-15-11-8-7-9-12-15/h7-9,11-12,14H,1-6H3/b16-14-. The molecule has 3 heteroatoms. The minimum Gasteiger partial charge on any atom is -0.417 e. The zero-order valence-electron chi connectivity index (χ0n) is 12.9. The van der Waals surface area contributed by atoms with Crippen molar-refractivity contribution in [2.24, 2.45) is 0 Å². The fourth-order valence-electron chi connectivity index (χ4n) is 2.12. The summed E-state index contributed by atoms with van der Waals surface area (Å²) in [6.07, 6.45) is 2.12. The van der Waals surface area contributed by atoms with Crippen molar-refractivity contribution >= 4 is 16.4 Å². The Morgan fingerprint density at radius 1 is 1.05 bits per heavy atom. The number of rotatable bonds is 3. The Morgan fingerprint density at radius 3 is 2.11 bits per heavy atom. The van der Waals surface area contributed by atoms with Gasteiger partial charge in [-0.05, 0) is 31.3 Å². The molecule has 0 saturated heterocycles. The summed E-state index contributed by atoms with van der Waals surface area (Å²) >= 11 is 0. The topological polar surface area (TPSA) is 9.23 Å². The largest absolute Gasteiger partial charge is 0.417 e. The van der Waals surface area contributed by atoms with Crippen LogP contribution in [0.3, 0.4) is 0 Å². The van der Waals surface area contributed by atoms with E-state index in [2.05, 4.69) is 50.7 Å². The molecule has 0 aliphatic carbocycles. The highest BCUT2D eigenvalue weighted by Crippen LogP contribution is 2.25. The number of allylic oxidation sites excluding steroid dienone is 1. The summed E-state index contributed by atoms with van der Waals surface area (Å²) in [5.74, 6) is 6.43. The molecule has 1 aromatic rings. The molecule has 1 rings (SSSR count). The Bertz CT molecular complexity index is 499. The Hall–Kier alpha value is -1.09. The van der Waals surface area contributed by atoms with E-state index in [9.17, 15) is 0 Å². The second-order valence-electron chi connectivity index (χ2n) is 6.16. The van der Waals surface area contributed by atoms with Crippen LogP contribution >= 0.6 is 0 Å². The first kappa shape index (κ1) is 16.0. The summed E-state index contributed by atoms with van der Waals surface area (Å²) < 4.78 is 5.77. The fraction of sp³-hybridized carbons (Fsp3) is 0.375. The quantitative estimate of drug-likeness (QED) is 0.597. The molecule has 0 fully saturated rings. The van der Waals surface area contributed by atoms with Crippen molar-refractivity contribution < 1.29 is 4.43 Å². The lowest BCUT2D eigenvalue weighted by Crippen LogP contribution is -2.44. The molecule has 0 aliphatic rings. The summed E-state index contributed by atoms with van der Waals surface area (Å²) in [7, 11) is -1.32. The highest BCUT2D eigenvalue weighted by atomic mass is 28.4. The molecule has 0 heterocycles. The van der Waals surface area contributed by atoms with E-state index in [1.165, 1.54) is 4.82 Å². The third-order valence-corrected chi connectivity index (χ3v) is 11.5. The lowest BCUT2D eigenvalue weighted by atomic mass is 10.2. The zero-order valence-corrected chi connectivity index (χ0v) is 14.9. The van der Waals surface area contributed by atoms with Gasteiger partial charge in [-0.15, -0.1) is 0 Å². The molecule has 0 unspecified atom stereocenters. The van der Waals surface area contributed by atoms with Crippen LogP contribution in [0.4, 0.5) is 0 Å². The smallest absolute Gasteiger partial charge is 0.210 e. The predicted molar refractivity (Wildman–Crippen MR) is 89.2 cm³/mol. The van der Waals surface area contributed by atoms with Crippen LogP contribution in [0, 0.1) is 11.8 Å². The van der Waals surface area contributed by atoms with Gasteiger partial charge in [0.1, 0.15) is 0 Å². The summed E-state index contributed by atoms with van der Waals surface area (Å²) in [5, 5.41) is 0. The summed E-state index contributed by atoms with van der Waals surface area (Å²) in [6, 6.07) is 10.1. The van der Waals surface area contributed by atoms with Gasteiger partial charge >= 0.3 is 0 Å². The maximum atomic E-state index is 5.77. The van der Waals surface area contributed by atoms with Crippen molar-refractivity contribution in [1.29, 1.82) is 0 Å². The Morgan fingerprint density at radius 2 is 1.63 bits per heavy atom. The van der Waals surface area contributed by atoms with Crippen LogP contribution in [0.1, 0.15) is 5.56 Å². The average molecular weight is 289 g/mol. The lowest BCUT2D eigenvalue weighted by molar-refractivity contribution is 0.414. The van der Waals surface area contributed by atoms with E-state index in [-0.39, 0.29) is 0 Å². The predicted octanol–water partition coefficient (Wildman–Crippen LogP) is 4.23. The Balaban J connectivity index is 3.08. The summed E-state index contributed by atoms with van der Waals surface area (Å²) in [6.45, 7) is 11.6. The van der Waals surface area contributed by atoms with Gasteiger partial charge in [0.25, 0.3) is 0 Å². The SMILES string of the molecule is CO[Si](C)(C)/C(=C\C#Cc1ccccc1)[Si](C)(C)C. The molecule has 0 aliphatic heterocycles. The van der Waals surface area contributed by atoms with Gasteiger partial charge in [0, 0.05) is 12.7 Å². The first-order valence-electron chi connectivity index (χ1n) is 6.60. The van der Waals surface area contributed by atoms with Gasteiger partial charge in [0.05, 0.1) is 8.07 Å². The van der Waals surface area contributed by atoms with Gasteiger partial charge in [-0.1, -0.05) is 54.5 Å². The molecule has 0 saturated carbocycles. The van der Waals surface area contributed by atoms with Crippen LogP contribution < -0.4 is 0 Å². The van der Waals surface area contributed by atoms with E-state index in [1.54, 1.807) is 0 Å². The van der Waals surface area contributed by atoms with E-state index < -0.39 is 16.4 Å². The number of hydrogen-bond acceptors (Lipinski definition) is 1. The van der Waals surface area contributed by atoms with Crippen molar-refractivity contribution in [3.8, 4) is 11.8 Å². The highest BCUT2D eigenvalue weighted by Gasteiger charge is 2.35. The molecule has 0 aromatic heterocycles. The average Bonchev–Trinajstić information content (AvgIpc) is 2.34. The number of benzene rings is 1. The molecule has 19 heavy (non-hydrogen) atoms. The van der Waals surface area contributed by atoms with Crippen molar-refractivity contribution in [3.05, 3.63) is 46.8 Å². The van der Waals surface area contributed by atoms with Crippen LogP contribution in [0.25, 0.3) is 0 Å². The highest BCUT2D eigenvalue weighted by molar-refractivity contribution is 7.02. The van der Waals surface area contributed by atoms with E-state index >= 15 is 0 Å². The Kier molecular flexibility index (Phi) is 5.36. The van der Waals surface area contributed by atoms with Crippen LogP contribution in [0.5, 0.6) is 0 Å². The molecule has 0 N–H and O–H groups in total. The summed E-state index contributed by atoms with van der Waals surface area (Å²) in [4.78, 5) is 1.48. The van der Waals surface area contributed by atoms with E-state index in [0.717, 1.165) is 5.56 Å². The second-order valence-corrected chi connectivity index (χ2v) is 15.7. The van der Waals surface area contributed by atoms with E-state index in [0.29, 0.717) is 0 Å². The van der Waals surface area contributed by atoms with Crippen molar-refractivity contribution in [3.63, 3.8) is 0 Å². The Labute approximate surface area is 119 Å². The van der Waals surface area contributed by atoms with Gasteiger partial charge in [0.15, 0.2) is 0 Å². The first-order chi connectivity index (χ1) is 8.77. The monoisotopic (exact) mass is 288 g/mol.